The Bertz CT molecular complexity index is 2080. The fourth-order valence-electron chi connectivity index (χ4n) is 4.85. The van der Waals surface area contributed by atoms with Crippen molar-refractivity contribution in [1.82, 2.24) is 14.9 Å². The number of hydrogen-bond acceptors (Lipinski definition) is 5. The molecule has 3 heterocycles. The number of rotatable bonds is 7. The molecule has 1 amide bonds. The maximum absolute atomic E-state index is 13.7. The molecule has 3 aromatic carbocycles. The third-order valence-electron chi connectivity index (χ3n) is 6.99. The van der Waals surface area contributed by atoms with Gasteiger partial charge in [0.2, 0.25) is 10.0 Å². The standard InChI is InChI=1S/C31H24F2N4O4S/c1-3-42(39,40)36-26-16-28-24(29(31(38)34-2)30(41-28)18-4-6-20(32)7-5-18)15-23(26)19-14-27-25(35-17-19)12-13-37(27)22-10-8-21(33)9-11-22/h4-17,36H,3H2,1-2H3,(H,34,38). The average Bonchev–Trinajstić information content (AvgIpc) is 3.58. The van der Waals surface area contributed by atoms with E-state index in [9.17, 15) is 22.0 Å². The monoisotopic (exact) mass is 586 g/mol. The number of benzene rings is 3. The van der Waals surface area contributed by atoms with Crippen LogP contribution < -0.4 is 10.0 Å². The molecule has 212 valence electrons. The quantitative estimate of drug-likeness (QED) is 0.222. The predicted octanol–water partition coefficient (Wildman–Crippen LogP) is 6.51. The van der Waals surface area contributed by atoms with E-state index in [0.717, 1.165) is 0 Å². The van der Waals surface area contributed by atoms with Crippen molar-refractivity contribution in [1.29, 1.82) is 0 Å². The first-order valence-corrected chi connectivity index (χ1v) is 14.6. The van der Waals surface area contributed by atoms with Crippen LogP contribution in [0.3, 0.4) is 0 Å². The number of carbonyl (C=O) groups is 1. The lowest BCUT2D eigenvalue weighted by molar-refractivity contribution is 0.0964. The number of pyridine rings is 1. The number of nitrogens with zero attached hydrogens (tertiary/aromatic N) is 2. The van der Waals surface area contributed by atoms with Gasteiger partial charge in [-0.1, -0.05) is 0 Å². The Morgan fingerprint density at radius 1 is 0.952 bits per heavy atom. The van der Waals surface area contributed by atoms with Crippen molar-refractivity contribution >= 4 is 43.6 Å². The molecule has 0 atom stereocenters. The third kappa shape index (κ3) is 4.88. The second-order valence-electron chi connectivity index (χ2n) is 9.58. The van der Waals surface area contributed by atoms with Crippen LogP contribution in [0.5, 0.6) is 0 Å². The van der Waals surface area contributed by atoms with E-state index in [2.05, 4.69) is 15.0 Å². The van der Waals surface area contributed by atoms with Crippen molar-refractivity contribution in [3.8, 4) is 28.1 Å². The Morgan fingerprint density at radius 2 is 1.64 bits per heavy atom. The Hall–Kier alpha value is -5.03. The van der Waals surface area contributed by atoms with Crippen LogP contribution in [-0.4, -0.2) is 36.7 Å². The number of fused-ring (bicyclic) bond motifs is 2. The molecule has 0 bridgehead atoms. The number of sulfonamides is 1. The lowest BCUT2D eigenvalue weighted by Gasteiger charge is -2.13. The van der Waals surface area contributed by atoms with Crippen molar-refractivity contribution in [2.45, 2.75) is 6.92 Å². The highest BCUT2D eigenvalue weighted by molar-refractivity contribution is 7.92. The van der Waals surface area contributed by atoms with Gasteiger partial charge in [-0.15, -0.1) is 0 Å². The number of carbonyl (C=O) groups excluding carboxylic acids is 1. The molecule has 6 rings (SSSR count). The molecule has 0 aliphatic carbocycles. The Morgan fingerprint density at radius 3 is 2.31 bits per heavy atom. The van der Waals surface area contributed by atoms with Gasteiger partial charge >= 0.3 is 0 Å². The van der Waals surface area contributed by atoms with Gasteiger partial charge in [-0.3, -0.25) is 14.5 Å². The molecule has 6 aromatic rings. The minimum atomic E-state index is -3.71. The molecule has 0 aliphatic heterocycles. The van der Waals surface area contributed by atoms with Crippen LogP contribution >= 0.6 is 0 Å². The van der Waals surface area contributed by atoms with E-state index in [1.54, 1.807) is 24.4 Å². The highest BCUT2D eigenvalue weighted by Crippen LogP contribution is 2.40. The van der Waals surface area contributed by atoms with Crippen molar-refractivity contribution in [2.75, 3.05) is 17.5 Å². The summed E-state index contributed by atoms with van der Waals surface area (Å²) >= 11 is 0. The van der Waals surface area contributed by atoms with E-state index >= 15 is 0 Å². The SMILES string of the molecule is CCS(=O)(=O)Nc1cc2oc(-c3ccc(F)cc3)c(C(=O)NC)c2cc1-c1cnc2ccn(-c3ccc(F)cc3)c2c1. The zero-order valence-corrected chi connectivity index (χ0v) is 23.3. The number of hydrogen-bond donors (Lipinski definition) is 2. The largest absolute Gasteiger partial charge is 0.455 e. The molecule has 3 aromatic heterocycles. The summed E-state index contributed by atoms with van der Waals surface area (Å²) in [6.45, 7) is 1.52. The average molecular weight is 587 g/mol. The molecule has 8 nitrogen and oxygen atoms in total. The van der Waals surface area contributed by atoms with Crippen molar-refractivity contribution in [3.05, 3.63) is 102 Å². The second kappa shape index (κ2) is 10.4. The normalized spacial score (nSPS) is 11.7. The zero-order valence-electron chi connectivity index (χ0n) is 22.5. The summed E-state index contributed by atoms with van der Waals surface area (Å²) in [7, 11) is -2.23. The van der Waals surface area contributed by atoms with Crippen molar-refractivity contribution in [3.63, 3.8) is 0 Å². The van der Waals surface area contributed by atoms with Crippen molar-refractivity contribution < 1.29 is 26.4 Å². The molecule has 0 unspecified atom stereocenters. The van der Waals surface area contributed by atoms with Gasteiger partial charge in [-0.2, -0.15) is 0 Å². The van der Waals surface area contributed by atoms with Crippen molar-refractivity contribution in [2.24, 2.45) is 0 Å². The molecule has 0 fully saturated rings. The first-order chi connectivity index (χ1) is 20.2. The van der Waals surface area contributed by atoms with Gasteiger partial charge in [0.1, 0.15) is 23.0 Å². The van der Waals surface area contributed by atoms with Gasteiger partial charge in [0.25, 0.3) is 5.91 Å². The second-order valence-corrected chi connectivity index (χ2v) is 11.6. The maximum Gasteiger partial charge on any atom is 0.255 e. The van der Waals surface area contributed by atoms with E-state index in [4.69, 9.17) is 4.42 Å². The highest BCUT2D eigenvalue weighted by atomic mass is 32.2. The van der Waals surface area contributed by atoms with E-state index in [0.29, 0.717) is 38.8 Å². The molecule has 2 N–H and O–H groups in total. The molecule has 42 heavy (non-hydrogen) atoms. The first kappa shape index (κ1) is 27.2. The number of aromatic nitrogens is 2. The fourth-order valence-corrected chi connectivity index (χ4v) is 5.49. The minimum absolute atomic E-state index is 0.169. The fraction of sp³-hybridized carbons (Fsp3) is 0.0968. The molecule has 11 heteroatoms. The number of nitrogens with one attached hydrogen (secondary N) is 2. The lowest BCUT2D eigenvalue weighted by atomic mass is 9.99. The Balaban J connectivity index is 1.61. The lowest BCUT2D eigenvalue weighted by Crippen LogP contribution is -2.18. The van der Waals surface area contributed by atoms with Crippen LogP contribution in [0.1, 0.15) is 17.3 Å². The van der Waals surface area contributed by atoms with E-state index < -0.39 is 21.7 Å². The van der Waals surface area contributed by atoms with Crippen LogP contribution in [0.4, 0.5) is 14.5 Å². The number of furan rings is 1. The van der Waals surface area contributed by atoms with Gasteiger partial charge < -0.3 is 14.3 Å². The van der Waals surface area contributed by atoms with Crippen LogP contribution in [0.15, 0.2) is 89.6 Å². The summed E-state index contributed by atoms with van der Waals surface area (Å²) in [6, 6.07) is 18.4. The molecule has 0 saturated carbocycles. The molecule has 0 spiro atoms. The maximum atomic E-state index is 13.7. The molecule has 0 radical (unpaired) electrons. The van der Waals surface area contributed by atoms with E-state index in [-0.39, 0.29) is 34.2 Å². The molecular weight excluding hydrogens is 562 g/mol. The number of halogens is 2. The van der Waals surface area contributed by atoms with E-state index in [1.165, 1.54) is 56.4 Å². The Labute approximate surface area is 239 Å². The van der Waals surface area contributed by atoms with E-state index in [1.807, 2.05) is 22.9 Å². The summed E-state index contributed by atoms with van der Waals surface area (Å²) in [4.78, 5) is 17.7. The van der Waals surface area contributed by atoms with Crippen LogP contribution in [0, 0.1) is 11.6 Å². The van der Waals surface area contributed by atoms with Gasteiger partial charge in [0.15, 0.2) is 0 Å². The zero-order chi connectivity index (χ0) is 29.6. The summed E-state index contributed by atoms with van der Waals surface area (Å²) in [6.07, 6.45) is 3.43. The molecule has 0 aliphatic rings. The minimum Gasteiger partial charge on any atom is -0.455 e. The topological polar surface area (TPSA) is 106 Å². The summed E-state index contributed by atoms with van der Waals surface area (Å²) in [5, 5.41) is 3.05. The first-order valence-electron chi connectivity index (χ1n) is 13.0. The van der Waals surface area contributed by atoms with Gasteiger partial charge in [-0.25, -0.2) is 17.2 Å². The summed E-state index contributed by atoms with van der Waals surface area (Å²) in [5.74, 6) is -1.19. The third-order valence-corrected chi connectivity index (χ3v) is 8.28. The van der Waals surface area contributed by atoms with Crippen LogP contribution in [0.2, 0.25) is 0 Å². The number of anilines is 1. The molecule has 0 saturated heterocycles. The highest BCUT2D eigenvalue weighted by Gasteiger charge is 2.25. The smallest absolute Gasteiger partial charge is 0.255 e. The Kier molecular flexibility index (Phi) is 6.74. The van der Waals surface area contributed by atoms with Gasteiger partial charge in [-0.05, 0) is 73.7 Å². The molecular formula is C31H24F2N4O4S. The van der Waals surface area contributed by atoms with Crippen LogP contribution in [0.25, 0.3) is 50.1 Å². The summed E-state index contributed by atoms with van der Waals surface area (Å²) in [5.41, 5.74) is 4.29. The predicted molar refractivity (Wildman–Crippen MR) is 158 cm³/mol. The van der Waals surface area contributed by atoms with Crippen LogP contribution in [-0.2, 0) is 10.0 Å². The number of amides is 1. The summed E-state index contributed by atoms with van der Waals surface area (Å²) < 4.78 is 63.2. The van der Waals surface area contributed by atoms with Gasteiger partial charge in [0, 0.05) is 53.3 Å². The van der Waals surface area contributed by atoms with Gasteiger partial charge in [0.05, 0.1) is 28.0 Å².